The van der Waals surface area contributed by atoms with E-state index in [4.69, 9.17) is 9.84 Å². The minimum absolute atomic E-state index is 0.0289. The largest absolute Gasteiger partial charge is 0.490 e. The van der Waals surface area contributed by atoms with E-state index in [1.165, 1.54) is 17.7 Å². The zero-order chi connectivity index (χ0) is 16.9. The summed E-state index contributed by atoms with van der Waals surface area (Å²) in [6.45, 7) is 1.74. The van der Waals surface area contributed by atoms with Gasteiger partial charge in [0.15, 0.2) is 0 Å². The van der Waals surface area contributed by atoms with Crippen LogP contribution in [0.1, 0.15) is 25.7 Å². The molecule has 1 saturated carbocycles. The standard InChI is InChI=1S/C17H23N3O4/c21-16(18-11-12-1-2-12)19-13-3-5-14(6-4-13)24-15-7-9-20(10-8-15)17(22)23/h3-6,12,15H,1-2,7-11H2,(H,22,23)(H2,18,19,21). The van der Waals surface area contributed by atoms with E-state index in [-0.39, 0.29) is 12.1 Å². The van der Waals surface area contributed by atoms with Gasteiger partial charge in [-0.1, -0.05) is 0 Å². The second-order valence-corrected chi connectivity index (χ2v) is 6.39. The zero-order valence-electron chi connectivity index (χ0n) is 13.5. The third-order valence-electron chi connectivity index (χ3n) is 4.38. The van der Waals surface area contributed by atoms with Crippen molar-refractivity contribution >= 4 is 17.8 Å². The van der Waals surface area contributed by atoms with Crippen LogP contribution in [0.5, 0.6) is 5.75 Å². The first-order valence-corrected chi connectivity index (χ1v) is 8.39. The molecule has 0 unspecified atom stereocenters. The number of carbonyl (C=O) groups excluding carboxylic acids is 1. The van der Waals surface area contributed by atoms with Gasteiger partial charge >= 0.3 is 12.1 Å². The molecule has 130 valence electrons. The number of nitrogens with zero attached hydrogens (tertiary/aromatic N) is 1. The molecule has 3 rings (SSSR count). The Balaban J connectivity index is 1.42. The summed E-state index contributed by atoms with van der Waals surface area (Å²) in [7, 11) is 0. The van der Waals surface area contributed by atoms with Crippen LogP contribution in [0.25, 0.3) is 0 Å². The van der Waals surface area contributed by atoms with Crippen LogP contribution in [-0.2, 0) is 0 Å². The summed E-state index contributed by atoms with van der Waals surface area (Å²) in [6, 6.07) is 7.06. The highest BCUT2D eigenvalue weighted by molar-refractivity contribution is 5.89. The van der Waals surface area contributed by atoms with E-state index in [2.05, 4.69) is 10.6 Å². The van der Waals surface area contributed by atoms with E-state index >= 15 is 0 Å². The second-order valence-electron chi connectivity index (χ2n) is 6.39. The van der Waals surface area contributed by atoms with E-state index in [1.807, 2.05) is 12.1 Å². The molecule has 0 bridgehead atoms. The van der Waals surface area contributed by atoms with Crippen molar-refractivity contribution in [1.29, 1.82) is 0 Å². The summed E-state index contributed by atoms with van der Waals surface area (Å²) in [5, 5.41) is 14.6. The number of nitrogens with one attached hydrogen (secondary N) is 2. The minimum Gasteiger partial charge on any atom is -0.490 e. The number of piperidine rings is 1. The molecule has 1 aromatic carbocycles. The van der Waals surface area contributed by atoms with Crippen molar-refractivity contribution in [3.8, 4) is 5.75 Å². The molecule has 0 radical (unpaired) electrons. The second kappa shape index (κ2) is 7.42. The molecule has 1 aliphatic heterocycles. The van der Waals surface area contributed by atoms with Gasteiger partial charge in [0.05, 0.1) is 0 Å². The molecule has 2 fully saturated rings. The van der Waals surface area contributed by atoms with Crippen LogP contribution in [0.15, 0.2) is 24.3 Å². The summed E-state index contributed by atoms with van der Waals surface area (Å²) >= 11 is 0. The highest BCUT2D eigenvalue weighted by atomic mass is 16.5. The van der Waals surface area contributed by atoms with Crippen molar-refractivity contribution in [2.24, 2.45) is 5.92 Å². The normalized spacial score (nSPS) is 18.1. The molecular weight excluding hydrogens is 310 g/mol. The van der Waals surface area contributed by atoms with E-state index in [1.54, 1.807) is 12.1 Å². The van der Waals surface area contributed by atoms with Crippen molar-refractivity contribution in [1.82, 2.24) is 10.2 Å². The van der Waals surface area contributed by atoms with Crippen LogP contribution < -0.4 is 15.4 Å². The predicted molar refractivity (Wildman–Crippen MR) is 89.4 cm³/mol. The Morgan fingerprint density at radius 2 is 1.79 bits per heavy atom. The summed E-state index contributed by atoms with van der Waals surface area (Å²) in [6.07, 6.45) is 2.95. The fraction of sp³-hybridized carbons (Fsp3) is 0.529. The summed E-state index contributed by atoms with van der Waals surface area (Å²) < 4.78 is 5.88. The van der Waals surface area contributed by atoms with Crippen LogP contribution in [0.2, 0.25) is 0 Å². The van der Waals surface area contributed by atoms with Crippen LogP contribution >= 0.6 is 0 Å². The maximum absolute atomic E-state index is 11.7. The Morgan fingerprint density at radius 3 is 2.38 bits per heavy atom. The predicted octanol–water partition coefficient (Wildman–Crippen LogP) is 2.74. The molecule has 0 spiro atoms. The molecule has 1 aromatic rings. The lowest BCUT2D eigenvalue weighted by Crippen LogP contribution is -2.41. The first-order chi connectivity index (χ1) is 11.6. The first kappa shape index (κ1) is 16.4. The fourth-order valence-electron chi connectivity index (χ4n) is 2.71. The molecule has 7 heteroatoms. The lowest BCUT2D eigenvalue weighted by Gasteiger charge is -2.30. The number of amides is 3. The summed E-state index contributed by atoms with van der Waals surface area (Å²) in [5.41, 5.74) is 0.719. The molecule has 2 aliphatic rings. The Hall–Kier alpha value is -2.44. The van der Waals surface area contributed by atoms with Gasteiger partial charge in [0.1, 0.15) is 11.9 Å². The molecule has 3 N–H and O–H groups in total. The zero-order valence-corrected chi connectivity index (χ0v) is 13.5. The van der Waals surface area contributed by atoms with Gasteiger partial charge in [-0.3, -0.25) is 0 Å². The molecular formula is C17H23N3O4. The number of carbonyl (C=O) groups is 2. The number of hydrogen-bond acceptors (Lipinski definition) is 3. The Bertz CT molecular complexity index is 578. The number of anilines is 1. The van der Waals surface area contributed by atoms with Gasteiger partial charge in [-0.15, -0.1) is 0 Å². The van der Waals surface area contributed by atoms with Crippen LogP contribution in [0.4, 0.5) is 15.3 Å². The van der Waals surface area contributed by atoms with Crippen LogP contribution in [-0.4, -0.2) is 47.9 Å². The Labute approximate surface area is 141 Å². The lowest BCUT2D eigenvalue weighted by molar-refractivity contribution is 0.0895. The van der Waals surface area contributed by atoms with Crippen molar-refractivity contribution < 1.29 is 19.4 Å². The summed E-state index contributed by atoms with van der Waals surface area (Å²) in [5.74, 6) is 1.38. The maximum Gasteiger partial charge on any atom is 0.407 e. The first-order valence-electron chi connectivity index (χ1n) is 8.39. The quantitative estimate of drug-likeness (QED) is 0.773. The van der Waals surface area contributed by atoms with Crippen molar-refractivity contribution in [3.05, 3.63) is 24.3 Å². The van der Waals surface area contributed by atoms with Crippen molar-refractivity contribution in [2.45, 2.75) is 31.8 Å². The number of carboxylic acid groups (broad SMARTS) is 1. The van der Waals surface area contributed by atoms with Gasteiger partial charge in [-0.25, -0.2) is 9.59 Å². The van der Waals surface area contributed by atoms with Crippen LogP contribution in [0, 0.1) is 5.92 Å². The number of benzene rings is 1. The average molecular weight is 333 g/mol. The number of urea groups is 1. The molecule has 3 amide bonds. The van der Waals surface area contributed by atoms with Gasteiger partial charge in [-0.2, -0.15) is 0 Å². The van der Waals surface area contributed by atoms with Gasteiger partial charge in [0, 0.05) is 38.2 Å². The number of likely N-dealkylation sites (tertiary alicyclic amines) is 1. The lowest BCUT2D eigenvalue weighted by atomic mass is 10.1. The molecule has 1 heterocycles. The number of hydrogen-bond donors (Lipinski definition) is 3. The monoisotopic (exact) mass is 333 g/mol. The fourth-order valence-corrected chi connectivity index (χ4v) is 2.71. The molecule has 1 saturated heterocycles. The maximum atomic E-state index is 11.7. The molecule has 7 nitrogen and oxygen atoms in total. The Kier molecular flexibility index (Phi) is 5.08. The molecule has 1 aliphatic carbocycles. The van der Waals surface area contributed by atoms with Crippen molar-refractivity contribution in [3.63, 3.8) is 0 Å². The topological polar surface area (TPSA) is 90.9 Å². The molecule has 0 atom stereocenters. The summed E-state index contributed by atoms with van der Waals surface area (Å²) in [4.78, 5) is 24.0. The molecule has 0 aromatic heterocycles. The van der Waals surface area contributed by atoms with E-state index < -0.39 is 6.09 Å². The van der Waals surface area contributed by atoms with E-state index in [9.17, 15) is 9.59 Å². The van der Waals surface area contributed by atoms with E-state index in [0.29, 0.717) is 31.8 Å². The van der Waals surface area contributed by atoms with Gasteiger partial charge in [0.25, 0.3) is 0 Å². The third kappa shape index (κ3) is 4.78. The van der Waals surface area contributed by atoms with Crippen LogP contribution in [0.3, 0.4) is 0 Å². The average Bonchev–Trinajstić information content (AvgIpc) is 3.40. The van der Waals surface area contributed by atoms with Crippen molar-refractivity contribution in [2.75, 3.05) is 25.0 Å². The number of rotatable bonds is 5. The van der Waals surface area contributed by atoms with E-state index in [0.717, 1.165) is 18.0 Å². The smallest absolute Gasteiger partial charge is 0.407 e. The third-order valence-corrected chi connectivity index (χ3v) is 4.38. The van der Waals surface area contributed by atoms with Gasteiger partial charge < -0.3 is 25.4 Å². The Morgan fingerprint density at radius 1 is 1.12 bits per heavy atom. The number of ether oxygens (including phenoxy) is 1. The highest BCUT2D eigenvalue weighted by Gasteiger charge is 2.23. The molecule has 24 heavy (non-hydrogen) atoms. The van der Waals surface area contributed by atoms with Gasteiger partial charge in [-0.05, 0) is 43.0 Å². The van der Waals surface area contributed by atoms with Gasteiger partial charge in [0.2, 0.25) is 0 Å². The highest BCUT2D eigenvalue weighted by Crippen LogP contribution is 2.27. The SMILES string of the molecule is O=C(NCC1CC1)Nc1ccc(OC2CCN(C(=O)O)CC2)cc1. The minimum atomic E-state index is -0.871.